The fourth-order valence-electron chi connectivity index (χ4n) is 4.22. The minimum Gasteiger partial charge on any atom is -0.493 e. The lowest BCUT2D eigenvalue weighted by Crippen LogP contribution is -2.50. The smallest absolute Gasteiger partial charge is 0.317 e. The molecule has 3 amide bonds. The summed E-state index contributed by atoms with van der Waals surface area (Å²) in [4.78, 5) is 31.9. The molecule has 0 bridgehead atoms. The fraction of sp³-hybridized carbons (Fsp3) is 0.556. The minimum absolute atomic E-state index is 0.0121. The monoisotopic (exact) mass is 516 g/mol. The number of ether oxygens (including phenoxy) is 3. The molecule has 0 atom stereocenters. The molecule has 10 heteroatoms. The molecular weight excluding hydrogens is 476 g/mol. The first kappa shape index (κ1) is 28.3. The van der Waals surface area contributed by atoms with Gasteiger partial charge in [-0.3, -0.25) is 9.69 Å². The van der Waals surface area contributed by atoms with Crippen LogP contribution in [0.25, 0.3) is 0 Å². The second-order valence-corrected chi connectivity index (χ2v) is 8.98. The molecule has 2 heterocycles. The molecule has 0 spiro atoms. The lowest BCUT2D eigenvalue weighted by Gasteiger charge is -2.31. The normalized spacial score (nSPS) is 13.7. The summed E-state index contributed by atoms with van der Waals surface area (Å²) in [5.41, 5.74) is 1.01. The highest BCUT2D eigenvalue weighted by Gasteiger charge is 2.23. The van der Waals surface area contributed by atoms with Crippen LogP contribution in [0.15, 0.2) is 34.7 Å². The molecule has 1 fully saturated rings. The molecule has 2 aromatic rings. The molecule has 1 saturated heterocycles. The lowest BCUT2D eigenvalue weighted by molar-refractivity contribution is -0.132. The molecule has 10 nitrogen and oxygen atoms in total. The molecule has 3 rings (SSSR count). The highest BCUT2D eigenvalue weighted by Crippen LogP contribution is 2.27. The van der Waals surface area contributed by atoms with Gasteiger partial charge in [-0.05, 0) is 50.1 Å². The van der Waals surface area contributed by atoms with Crippen LogP contribution in [0.3, 0.4) is 0 Å². The van der Waals surface area contributed by atoms with Gasteiger partial charge in [0.15, 0.2) is 11.5 Å². The van der Waals surface area contributed by atoms with Crippen molar-refractivity contribution in [1.29, 1.82) is 0 Å². The molecular formula is C27H40N4O6. The third-order valence-corrected chi connectivity index (χ3v) is 6.34. The Morgan fingerprint density at radius 3 is 2.43 bits per heavy atom. The zero-order chi connectivity index (χ0) is 26.6. The summed E-state index contributed by atoms with van der Waals surface area (Å²) in [6.07, 6.45) is 0.612. The number of rotatable bonds is 13. The number of carbonyl (C=O) groups excluding carboxylic acids is 2. The Balaban J connectivity index is 1.71. The van der Waals surface area contributed by atoms with Crippen molar-refractivity contribution in [3.8, 4) is 11.5 Å². The average molecular weight is 517 g/mol. The largest absolute Gasteiger partial charge is 0.493 e. The fourth-order valence-corrected chi connectivity index (χ4v) is 4.22. The number of amides is 3. The van der Waals surface area contributed by atoms with Crippen LogP contribution in [-0.4, -0.2) is 99.9 Å². The number of furan rings is 1. The second-order valence-electron chi connectivity index (χ2n) is 8.98. The molecule has 0 saturated carbocycles. The lowest BCUT2D eigenvalue weighted by atomic mass is 10.1. The first-order chi connectivity index (χ1) is 17.9. The number of hydrogen-bond donors (Lipinski definition) is 1. The molecule has 1 aromatic carbocycles. The Hall–Kier alpha value is -3.24. The highest BCUT2D eigenvalue weighted by atomic mass is 16.5. The number of carbonyl (C=O) groups is 2. The molecule has 0 aliphatic carbocycles. The summed E-state index contributed by atoms with van der Waals surface area (Å²) in [7, 11) is 3.20. The van der Waals surface area contributed by atoms with Crippen LogP contribution in [0.4, 0.5) is 4.79 Å². The van der Waals surface area contributed by atoms with Crippen molar-refractivity contribution in [2.45, 2.75) is 26.8 Å². The van der Waals surface area contributed by atoms with Crippen LogP contribution in [0, 0.1) is 6.92 Å². The predicted molar refractivity (Wildman–Crippen MR) is 140 cm³/mol. The van der Waals surface area contributed by atoms with Gasteiger partial charge in [-0.15, -0.1) is 0 Å². The maximum Gasteiger partial charge on any atom is 0.317 e. The van der Waals surface area contributed by atoms with Crippen molar-refractivity contribution in [2.24, 2.45) is 0 Å². The Morgan fingerprint density at radius 1 is 1.03 bits per heavy atom. The van der Waals surface area contributed by atoms with Crippen molar-refractivity contribution in [3.63, 3.8) is 0 Å². The van der Waals surface area contributed by atoms with Gasteiger partial charge in [0.1, 0.15) is 18.1 Å². The first-order valence-corrected chi connectivity index (χ1v) is 12.8. The quantitative estimate of drug-likeness (QED) is 0.437. The summed E-state index contributed by atoms with van der Waals surface area (Å²) < 4.78 is 21.9. The van der Waals surface area contributed by atoms with Gasteiger partial charge < -0.3 is 33.7 Å². The number of nitrogens with one attached hydrogen (secondary N) is 1. The van der Waals surface area contributed by atoms with Crippen LogP contribution in [0.2, 0.25) is 0 Å². The standard InChI is InChI=1S/C27H40N4O6/c1-5-28-27(33)31(13-12-29-14-16-36-17-15-29)20-26(32)30(19-23-8-6-21(2)37-23)11-10-22-7-9-24(34-3)25(18-22)35-4/h6-9,18H,5,10-17,19-20H2,1-4H3,(H,28,33). The molecule has 1 aliphatic rings. The van der Waals surface area contributed by atoms with E-state index in [-0.39, 0.29) is 18.5 Å². The van der Waals surface area contributed by atoms with E-state index in [4.69, 9.17) is 18.6 Å². The first-order valence-electron chi connectivity index (χ1n) is 12.8. The van der Waals surface area contributed by atoms with E-state index < -0.39 is 0 Å². The summed E-state index contributed by atoms with van der Waals surface area (Å²) >= 11 is 0. The number of aryl methyl sites for hydroxylation is 1. The molecule has 0 radical (unpaired) electrons. The second kappa shape index (κ2) is 14.5. The van der Waals surface area contributed by atoms with Crippen molar-refractivity contribution < 1.29 is 28.2 Å². The molecule has 0 unspecified atom stereocenters. The summed E-state index contributed by atoms with van der Waals surface area (Å²) in [6.45, 7) is 9.19. The molecule has 204 valence electrons. The topological polar surface area (TPSA) is 96.7 Å². The van der Waals surface area contributed by atoms with E-state index in [2.05, 4.69) is 10.2 Å². The Bertz CT molecular complexity index is 1000. The number of hydrogen-bond acceptors (Lipinski definition) is 7. The van der Waals surface area contributed by atoms with E-state index in [0.29, 0.717) is 69.6 Å². The zero-order valence-corrected chi connectivity index (χ0v) is 22.5. The number of urea groups is 1. The summed E-state index contributed by atoms with van der Waals surface area (Å²) in [5.74, 6) is 2.66. The van der Waals surface area contributed by atoms with Gasteiger partial charge in [-0.1, -0.05) is 6.07 Å². The molecule has 1 aromatic heterocycles. The third-order valence-electron chi connectivity index (χ3n) is 6.34. The number of benzene rings is 1. The van der Waals surface area contributed by atoms with E-state index in [1.54, 1.807) is 24.0 Å². The number of methoxy groups -OCH3 is 2. The number of nitrogens with zero attached hydrogens (tertiary/aromatic N) is 3. The van der Waals surface area contributed by atoms with Crippen LogP contribution in [-0.2, 0) is 22.5 Å². The Kier molecular flexibility index (Phi) is 11.1. The maximum atomic E-state index is 13.6. The highest BCUT2D eigenvalue weighted by molar-refractivity contribution is 5.84. The van der Waals surface area contributed by atoms with Gasteiger partial charge in [0, 0.05) is 39.3 Å². The van der Waals surface area contributed by atoms with Gasteiger partial charge in [0.25, 0.3) is 0 Å². The Morgan fingerprint density at radius 2 is 1.78 bits per heavy atom. The van der Waals surface area contributed by atoms with E-state index in [1.165, 1.54) is 0 Å². The van der Waals surface area contributed by atoms with Crippen LogP contribution in [0.1, 0.15) is 24.0 Å². The van der Waals surface area contributed by atoms with E-state index in [9.17, 15) is 9.59 Å². The van der Waals surface area contributed by atoms with E-state index in [1.807, 2.05) is 44.2 Å². The van der Waals surface area contributed by atoms with Crippen molar-refractivity contribution in [2.75, 3.05) is 73.2 Å². The summed E-state index contributed by atoms with van der Waals surface area (Å²) in [5, 5.41) is 2.84. The van der Waals surface area contributed by atoms with E-state index >= 15 is 0 Å². The molecule has 37 heavy (non-hydrogen) atoms. The molecule has 1 N–H and O–H groups in total. The predicted octanol–water partition coefficient (Wildman–Crippen LogP) is 2.54. The SMILES string of the molecule is CCNC(=O)N(CCN1CCOCC1)CC(=O)N(CCc1ccc(OC)c(OC)c1)Cc1ccc(C)o1. The van der Waals surface area contributed by atoms with Crippen molar-refractivity contribution >= 4 is 11.9 Å². The van der Waals surface area contributed by atoms with Gasteiger partial charge in [-0.25, -0.2) is 4.79 Å². The zero-order valence-electron chi connectivity index (χ0n) is 22.5. The van der Waals surface area contributed by atoms with Crippen LogP contribution >= 0.6 is 0 Å². The van der Waals surface area contributed by atoms with Gasteiger partial charge in [0.2, 0.25) is 5.91 Å². The van der Waals surface area contributed by atoms with Crippen molar-refractivity contribution in [1.82, 2.24) is 20.0 Å². The molecule has 1 aliphatic heterocycles. The van der Waals surface area contributed by atoms with Crippen LogP contribution in [0.5, 0.6) is 11.5 Å². The van der Waals surface area contributed by atoms with Gasteiger partial charge >= 0.3 is 6.03 Å². The minimum atomic E-state index is -0.238. The van der Waals surface area contributed by atoms with Gasteiger partial charge in [-0.2, -0.15) is 0 Å². The maximum absolute atomic E-state index is 13.6. The van der Waals surface area contributed by atoms with E-state index in [0.717, 1.165) is 24.4 Å². The third kappa shape index (κ3) is 8.68. The van der Waals surface area contributed by atoms with Gasteiger partial charge in [0.05, 0.1) is 34.0 Å². The van der Waals surface area contributed by atoms with Crippen molar-refractivity contribution in [3.05, 3.63) is 47.4 Å². The average Bonchev–Trinajstić information content (AvgIpc) is 3.33. The van der Waals surface area contributed by atoms with Crippen LogP contribution < -0.4 is 14.8 Å². The Labute approximate surface area is 219 Å². The number of morpholine rings is 1. The summed E-state index contributed by atoms with van der Waals surface area (Å²) in [6, 6.07) is 9.27.